The number of nitrogens with zero attached hydrogens (tertiary/aromatic N) is 2. The number of carbonyl (C=O) groups is 2. The first-order valence-electron chi connectivity index (χ1n) is 7.83. The Morgan fingerprint density at radius 2 is 1.76 bits per heavy atom. The first kappa shape index (κ1) is 17.8. The van der Waals surface area contributed by atoms with E-state index in [1.165, 1.54) is 0 Å². The van der Waals surface area contributed by atoms with Gasteiger partial charge in [0.25, 0.3) is 0 Å². The molecule has 1 fully saturated rings. The second-order valence-corrected chi connectivity index (χ2v) is 7.36. The monoisotopic (exact) mass is 298 g/mol. The van der Waals surface area contributed by atoms with E-state index in [1.807, 2.05) is 53.4 Å². The van der Waals surface area contributed by atoms with Crippen LogP contribution in [-0.4, -0.2) is 52.6 Å². The van der Waals surface area contributed by atoms with E-state index in [-0.39, 0.29) is 30.0 Å². The summed E-state index contributed by atoms with van der Waals surface area (Å²) in [7, 11) is 0. The molecule has 122 valence electrons. The number of rotatable bonds is 3. The largest absolute Gasteiger partial charge is 0.444 e. The molecule has 0 N–H and O–H groups in total. The third kappa shape index (κ3) is 4.90. The Morgan fingerprint density at radius 1 is 1.19 bits per heavy atom. The molecule has 0 radical (unpaired) electrons. The lowest BCUT2D eigenvalue weighted by atomic mass is 10.1. The molecule has 1 aliphatic heterocycles. The quantitative estimate of drug-likeness (QED) is 0.805. The summed E-state index contributed by atoms with van der Waals surface area (Å²) in [5, 5.41) is 0. The van der Waals surface area contributed by atoms with Crippen molar-refractivity contribution in [3.63, 3.8) is 0 Å². The summed E-state index contributed by atoms with van der Waals surface area (Å²) in [4.78, 5) is 28.1. The van der Waals surface area contributed by atoms with Gasteiger partial charge in [-0.15, -0.1) is 0 Å². The molecule has 0 aliphatic carbocycles. The number of ether oxygens (including phenoxy) is 1. The first-order valence-corrected chi connectivity index (χ1v) is 7.83. The molecule has 1 rings (SSSR count). The number of carbonyl (C=O) groups excluding carboxylic acids is 2. The molecule has 2 amide bonds. The average molecular weight is 298 g/mol. The van der Waals surface area contributed by atoms with Gasteiger partial charge in [0, 0.05) is 25.0 Å². The lowest BCUT2D eigenvalue weighted by Crippen LogP contribution is -2.48. The molecular weight excluding hydrogens is 268 g/mol. The summed E-state index contributed by atoms with van der Waals surface area (Å²) in [5.74, 6) is 0.129. The highest BCUT2D eigenvalue weighted by atomic mass is 16.6. The van der Waals surface area contributed by atoms with Crippen molar-refractivity contribution >= 4 is 12.0 Å². The molecular formula is C16H30N2O3. The van der Waals surface area contributed by atoms with Gasteiger partial charge in [-0.25, -0.2) is 4.79 Å². The molecule has 5 nitrogen and oxygen atoms in total. The van der Waals surface area contributed by atoms with Crippen LogP contribution in [0.25, 0.3) is 0 Å². The van der Waals surface area contributed by atoms with Gasteiger partial charge >= 0.3 is 6.09 Å². The predicted molar refractivity (Wildman–Crippen MR) is 83.0 cm³/mol. The lowest BCUT2D eigenvalue weighted by molar-refractivity contribution is -0.138. The van der Waals surface area contributed by atoms with Gasteiger partial charge in [0.2, 0.25) is 5.91 Å². The fourth-order valence-electron chi connectivity index (χ4n) is 2.62. The van der Waals surface area contributed by atoms with Gasteiger partial charge < -0.3 is 14.5 Å². The van der Waals surface area contributed by atoms with E-state index in [0.717, 1.165) is 6.42 Å². The van der Waals surface area contributed by atoms with Crippen LogP contribution in [0.3, 0.4) is 0 Å². The maximum Gasteiger partial charge on any atom is 0.410 e. The Morgan fingerprint density at radius 3 is 2.19 bits per heavy atom. The molecule has 0 spiro atoms. The zero-order chi connectivity index (χ0) is 16.4. The van der Waals surface area contributed by atoms with Crippen molar-refractivity contribution in [2.45, 2.75) is 72.6 Å². The molecule has 0 aromatic rings. The topological polar surface area (TPSA) is 49.9 Å². The Balaban J connectivity index is 2.71. The van der Waals surface area contributed by atoms with Gasteiger partial charge in [-0.05, 0) is 41.0 Å². The second kappa shape index (κ2) is 6.67. The lowest BCUT2D eigenvalue weighted by Gasteiger charge is -2.34. The van der Waals surface area contributed by atoms with Crippen molar-refractivity contribution in [2.24, 2.45) is 5.92 Å². The Kier molecular flexibility index (Phi) is 5.65. The molecule has 0 aromatic heterocycles. The van der Waals surface area contributed by atoms with E-state index < -0.39 is 5.60 Å². The van der Waals surface area contributed by atoms with Crippen molar-refractivity contribution in [1.29, 1.82) is 0 Å². The minimum absolute atomic E-state index is 0.0250. The second-order valence-electron chi connectivity index (χ2n) is 7.36. The zero-order valence-corrected chi connectivity index (χ0v) is 14.5. The molecule has 5 heteroatoms. The normalized spacial score (nSPS) is 19.3. The molecule has 0 aromatic carbocycles. The van der Waals surface area contributed by atoms with E-state index in [0.29, 0.717) is 13.1 Å². The highest BCUT2D eigenvalue weighted by molar-refractivity contribution is 5.79. The summed E-state index contributed by atoms with van der Waals surface area (Å²) in [6, 6.07) is 0.232. The van der Waals surface area contributed by atoms with E-state index in [2.05, 4.69) is 0 Å². The fraction of sp³-hybridized carbons (Fsp3) is 0.875. The summed E-state index contributed by atoms with van der Waals surface area (Å²) < 4.78 is 5.40. The van der Waals surface area contributed by atoms with E-state index in [4.69, 9.17) is 4.74 Å². The molecule has 1 heterocycles. The number of amides is 2. The number of hydrogen-bond acceptors (Lipinski definition) is 3. The smallest absolute Gasteiger partial charge is 0.410 e. The van der Waals surface area contributed by atoms with Gasteiger partial charge in [-0.1, -0.05) is 13.8 Å². The van der Waals surface area contributed by atoms with Gasteiger partial charge in [0.05, 0.1) is 6.04 Å². The van der Waals surface area contributed by atoms with Crippen LogP contribution in [0.4, 0.5) is 4.79 Å². The van der Waals surface area contributed by atoms with Crippen molar-refractivity contribution in [3.05, 3.63) is 0 Å². The molecule has 0 saturated carbocycles. The highest BCUT2D eigenvalue weighted by Gasteiger charge is 2.36. The minimum atomic E-state index is -0.485. The highest BCUT2D eigenvalue weighted by Crippen LogP contribution is 2.22. The van der Waals surface area contributed by atoms with Crippen LogP contribution < -0.4 is 0 Å². The van der Waals surface area contributed by atoms with E-state index >= 15 is 0 Å². The Hall–Kier alpha value is -1.26. The van der Waals surface area contributed by atoms with Crippen LogP contribution in [0, 0.1) is 5.92 Å². The average Bonchev–Trinajstić information content (AvgIpc) is 2.75. The maximum absolute atomic E-state index is 12.4. The minimum Gasteiger partial charge on any atom is -0.444 e. The van der Waals surface area contributed by atoms with Crippen molar-refractivity contribution in [1.82, 2.24) is 9.80 Å². The van der Waals surface area contributed by atoms with Crippen LogP contribution in [0.5, 0.6) is 0 Å². The van der Waals surface area contributed by atoms with E-state index in [9.17, 15) is 9.59 Å². The maximum atomic E-state index is 12.4. The fourth-order valence-corrected chi connectivity index (χ4v) is 2.62. The summed E-state index contributed by atoms with van der Waals surface area (Å²) in [5.41, 5.74) is -0.485. The van der Waals surface area contributed by atoms with Crippen molar-refractivity contribution in [3.8, 4) is 0 Å². The Labute approximate surface area is 128 Å². The molecule has 0 bridgehead atoms. The molecule has 1 aliphatic rings. The third-order valence-electron chi connectivity index (χ3n) is 3.51. The number of hydrogen-bond donors (Lipinski definition) is 0. The third-order valence-corrected chi connectivity index (χ3v) is 3.51. The zero-order valence-electron chi connectivity index (χ0n) is 14.5. The first-order chi connectivity index (χ1) is 9.53. The molecule has 1 atom stereocenters. The van der Waals surface area contributed by atoms with Crippen molar-refractivity contribution in [2.75, 3.05) is 13.1 Å². The Bertz CT molecular complexity index is 385. The molecule has 21 heavy (non-hydrogen) atoms. The predicted octanol–water partition coefficient (Wildman–Crippen LogP) is 2.89. The van der Waals surface area contributed by atoms with Crippen LogP contribution in [0.1, 0.15) is 54.9 Å². The van der Waals surface area contributed by atoms with Crippen LogP contribution in [0.2, 0.25) is 0 Å². The van der Waals surface area contributed by atoms with Gasteiger partial charge in [0.15, 0.2) is 0 Å². The summed E-state index contributed by atoms with van der Waals surface area (Å²) in [6.45, 7) is 14.7. The number of likely N-dealkylation sites (tertiary alicyclic amines) is 1. The standard InChI is InChI=1S/C16H30N2O3/c1-11(2)14(19)18(12(3)4)13-8-9-17(10-13)15(20)21-16(5,6)7/h11-13H,8-10H2,1-7H3. The summed E-state index contributed by atoms with van der Waals surface area (Å²) >= 11 is 0. The van der Waals surface area contributed by atoms with Gasteiger partial charge in [-0.3, -0.25) is 4.79 Å². The van der Waals surface area contributed by atoms with Crippen molar-refractivity contribution < 1.29 is 14.3 Å². The molecule has 1 saturated heterocycles. The van der Waals surface area contributed by atoms with Crippen LogP contribution in [-0.2, 0) is 9.53 Å². The molecule has 1 unspecified atom stereocenters. The van der Waals surface area contributed by atoms with Crippen LogP contribution >= 0.6 is 0 Å². The van der Waals surface area contributed by atoms with Gasteiger partial charge in [-0.2, -0.15) is 0 Å². The van der Waals surface area contributed by atoms with Gasteiger partial charge in [0.1, 0.15) is 5.60 Å². The van der Waals surface area contributed by atoms with E-state index in [1.54, 1.807) is 4.90 Å². The van der Waals surface area contributed by atoms with Crippen LogP contribution in [0.15, 0.2) is 0 Å². The SMILES string of the molecule is CC(C)C(=O)N(C(C)C)C1CCN(C(=O)OC(C)(C)C)C1. The summed E-state index contributed by atoms with van der Waals surface area (Å²) in [6.07, 6.45) is 0.529.